The van der Waals surface area contributed by atoms with Gasteiger partial charge in [0.15, 0.2) is 0 Å². The Bertz CT molecular complexity index is 275. The third-order valence-electron chi connectivity index (χ3n) is 4.37. The van der Waals surface area contributed by atoms with Crippen LogP contribution in [-0.4, -0.2) is 47.7 Å². The molecule has 2 N–H and O–H groups in total. The van der Waals surface area contributed by atoms with Gasteiger partial charge in [0.2, 0.25) is 0 Å². The number of rotatable bonds is 2. The van der Waals surface area contributed by atoms with Crippen LogP contribution in [-0.2, 0) is 4.79 Å². The van der Waals surface area contributed by atoms with Crippen molar-refractivity contribution in [3.05, 3.63) is 0 Å². The molecular weight excluding hydrogens is 228 g/mol. The molecule has 4 nitrogen and oxygen atoms in total. The first kappa shape index (κ1) is 13.8. The maximum absolute atomic E-state index is 11.2. The number of carboxylic acid groups (broad SMARTS) is 1. The third-order valence-corrected chi connectivity index (χ3v) is 4.37. The van der Waals surface area contributed by atoms with E-state index < -0.39 is 5.97 Å². The lowest BCUT2D eigenvalue weighted by Gasteiger charge is -2.32. The number of hydrogen-bond acceptors (Lipinski definition) is 3. The number of nitrogens with one attached hydrogen (secondary N) is 1. The summed E-state index contributed by atoms with van der Waals surface area (Å²) in [6.07, 6.45) is 7.81. The van der Waals surface area contributed by atoms with E-state index in [1.807, 2.05) is 0 Å². The molecule has 0 aromatic rings. The van der Waals surface area contributed by atoms with E-state index in [0.717, 1.165) is 13.1 Å². The second kappa shape index (κ2) is 6.53. The van der Waals surface area contributed by atoms with Crippen molar-refractivity contribution in [1.29, 1.82) is 0 Å². The minimum absolute atomic E-state index is 0.252. The van der Waals surface area contributed by atoms with Crippen LogP contribution in [0.5, 0.6) is 0 Å². The number of aliphatic carboxylic acids is 1. The van der Waals surface area contributed by atoms with Gasteiger partial charge in [-0.25, -0.2) is 0 Å². The Morgan fingerprint density at radius 2 is 1.83 bits per heavy atom. The van der Waals surface area contributed by atoms with Gasteiger partial charge in [-0.15, -0.1) is 0 Å². The molecular formula is C14H26N2O2. The average molecular weight is 254 g/mol. The van der Waals surface area contributed by atoms with Crippen molar-refractivity contribution in [3.8, 4) is 0 Å². The molecule has 0 aromatic heterocycles. The fourth-order valence-corrected chi connectivity index (χ4v) is 3.27. The van der Waals surface area contributed by atoms with Gasteiger partial charge in [-0.1, -0.05) is 25.7 Å². The van der Waals surface area contributed by atoms with Crippen LogP contribution in [0.4, 0.5) is 0 Å². The molecule has 1 heterocycles. The maximum atomic E-state index is 11.2. The predicted molar refractivity (Wildman–Crippen MR) is 71.7 cm³/mol. The SMILES string of the molecule is CC1CN(C2CCCCCC2)CC(C(=O)O)CN1. The van der Waals surface area contributed by atoms with Gasteiger partial charge in [0, 0.05) is 31.7 Å². The summed E-state index contributed by atoms with van der Waals surface area (Å²) in [5.74, 6) is -0.909. The molecule has 1 aliphatic carbocycles. The molecule has 0 radical (unpaired) electrons. The van der Waals surface area contributed by atoms with Gasteiger partial charge in [0.1, 0.15) is 0 Å². The molecule has 0 bridgehead atoms. The van der Waals surface area contributed by atoms with Crippen LogP contribution in [0.25, 0.3) is 0 Å². The molecule has 2 atom stereocenters. The standard InChI is InChI=1S/C14H26N2O2/c1-11-9-16(10-12(8-15-11)14(17)18)13-6-4-2-3-5-7-13/h11-13,15H,2-10H2,1H3,(H,17,18). The first-order chi connectivity index (χ1) is 8.66. The summed E-state index contributed by atoms with van der Waals surface area (Å²) in [7, 11) is 0. The second-order valence-electron chi connectivity index (χ2n) is 5.94. The zero-order valence-electron chi connectivity index (χ0n) is 11.4. The molecule has 0 aromatic carbocycles. The van der Waals surface area contributed by atoms with E-state index in [1.54, 1.807) is 0 Å². The van der Waals surface area contributed by atoms with E-state index in [1.165, 1.54) is 38.5 Å². The topological polar surface area (TPSA) is 52.6 Å². The second-order valence-corrected chi connectivity index (χ2v) is 5.94. The highest BCUT2D eigenvalue weighted by molar-refractivity contribution is 5.70. The highest BCUT2D eigenvalue weighted by atomic mass is 16.4. The maximum Gasteiger partial charge on any atom is 0.309 e. The van der Waals surface area contributed by atoms with Crippen molar-refractivity contribution in [3.63, 3.8) is 0 Å². The molecule has 2 unspecified atom stereocenters. The third kappa shape index (κ3) is 3.69. The lowest BCUT2D eigenvalue weighted by atomic mass is 10.0. The van der Waals surface area contributed by atoms with Crippen LogP contribution in [0, 0.1) is 5.92 Å². The molecule has 0 amide bonds. The van der Waals surface area contributed by atoms with Crippen LogP contribution < -0.4 is 5.32 Å². The molecule has 1 saturated heterocycles. The smallest absolute Gasteiger partial charge is 0.309 e. The molecule has 18 heavy (non-hydrogen) atoms. The van der Waals surface area contributed by atoms with Gasteiger partial charge in [0.25, 0.3) is 0 Å². The van der Waals surface area contributed by atoms with Crippen molar-refractivity contribution in [2.75, 3.05) is 19.6 Å². The molecule has 104 valence electrons. The fraction of sp³-hybridized carbons (Fsp3) is 0.929. The highest BCUT2D eigenvalue weighted by Gasteiger charge is 2.30. The Morgan fingerprint density at radius 1 is 1.17 bits per heavy atom. The van der Waals surface area contributed by atoms with E-state index in [9.17, 15) is 9.90 Å². The first-order valence-corrected chi connectivity index (χ1v) is 7.37. The number of carbonyl (C=O) groups is 1. The monoisotopic (exact) mass is 254 g/mol. The zero-order valence-corrected chi connectivity index (χ0v) is 11.4. The van der Waals surface area contributed by atoms with Crippen LogP contribution >= 0.6 is 0 Å². The number of nitrogens with zero attached hydrogens (tertiary/aromatic N) is 1. The van der Waals surface area contributed by atoms with Crippen molar-refractivity contribution >= 4 is 5.97 Å². The molecule has 2 aliphatic rings. The summed E-state index contributed by atoms with van der Waals surface area (Å²) < 4.78 is 0. The molecule has 1 aliphatic heterocycles. The molecule has 0 spiro atoms. The van der Waals surface area contributed by atoms with E-state index in [2.05, 4.69) is 17.1 Å². The Balaban J connectivity index is 2.00. The van der Waals surface area contributed by atoms with Crippen molar-refractivity contribution in [2.24, 2.45) is 5.92 Å². The van der Waals surface area contributed by atoms with E-state index in [-0.39, 0.29) is 5.92 Å². The Hall–Kier alpha value is -0.610. The Morgan fingerprint density at radius 3 is 2.44 bits per heavy atom. The van der Waals surface area contributed by atoms with Crippen LogP contribution in [0.15, 0.2) is 0 Å². The quantitative estimate of drug-likeness (QED) is 0.737. The zero-order chi connectivity index (χ0) is 13.0. The average Bonchev–Trinajstić information content (AvgIpc) is 2.69. The van der Waals surface area contributed by atoms with E-state index in [4.69, 9.17) is 0 Å². The number of carboxylic acids is 1. The highest BCUT2D eigenvalue weighted by Crippen LogP contribution is 2.23. The molecule has 2 fully saturated rings. The van der Waals surface area contributed by atoms with Crippen molar-refractivity contribution < 1.29 is 9.90 Å². The van der Waals surface area contributed by atoms with Crippen LogP contribution in [0.1, 0.15) is 45.4 Å². The summed E-state index contributed by atoms with van der Waals surface area (Å²) in [4.78, 5) is 13.7. The fourth-order valence-electron chi connectivity index (χ4n) is 3.27. The lowest BCUT2D eigenvalue weighted by Crippen LogP contribution is -2.42. The lowest BCUT2D eigenvalue weighted by molar-refractivity contribution is -0.142. The van der Waals surface area contributed by atoms with Crippen molar-refractivity contribution in [2.45, 2.75) is 57.5 Å². The molecule has 1 saturated carbocycles. The number of hydrogen-bond donors (Lipinski definition) is 2. The first-order valence-electron chi connectivity index (χ1n) is 7.37. The summed E-state index contributed by atoms with van der Waals surface area (Å²) in [6.45, 7) is 4.49. The van der Waals surface area contributed by atoms with Crippen LogP contribution in [0.3, 0.4) is 0 Å². The van der Waals surface area contributed by atoms with Gasteiger partial charge in [-0.2, -0.15) is 0 Å². The summed E-state index contributed by atoms with van der Waals surface area (Å²) in [5.41, 5.74) is 0. The molecule has 4 heteroatoms. The largest absolute Gasteiger partial charge is 0.481 e. The Labute approximate surface area is 110 Å². The van der Waals surface area contributed by atoms with Gasteiger partial charge in [-0.05, 0) is 19.8 Å². The van der Waals surface area contributed by atoms with E-state index >= 15 is 0 Å². The Kier molecular flexibility index (Phi) is 5.01. The molecule has 2 rings (SSSR count). The van der Waals surface area contributed by atoms with Gasteiger partial charge in [0.05, 0.1) is 5.92 Å². The summed E-state index contributed by atoms with van der Waals surface area (Å²) in [5, 5.41) is 12.6. The normalized spacial score (nSPS) is 32.7. The minimum atomic E-state index is -0.657. The minimum Gasteiger partial charge on any atom is -0.481 e. The van der Waals surface area contributed by atoms with Gasteiger partial charge >= 0.3 is 5.97 Å². The van der Waals surface area contributed by atoms with Crippen molar-refractivity contribution in [1.82, 2.24) is 10.2 Å². The van der Waals surface area contributed by atoms with E-state index in [0.29, 0.717) is 18.6 Å². The van der Waals surface area contributed by atoms with Gasteiger partial charge < -0.3 is 10.4 Å². The van der Waals surface area contributed by atoms with Gasteiger partial charge in [-0.3, -0.25) is 9.69 Å². The summed E-state index contributed by atoms with van der Waals surface area (Å²) in [6, 6.07) is 1.01. The van der Waals surface area contributed by atoms with Crippen LogP contribution in [0.2, 0.25) is 0 Å². The summed E-state index contributed by atoms with van der Waals surface area (Å²) >= 11 is 0. The predicted octanol–water partition coefficient (Wildman–Crippen LogP) is 1.70.